The Bertz CT molecular complexity index is 248. The SMILES string of the molecule is NC(=S)N(N)c1cccnc1. The van der Waals surface area contributed by atoms with Gasteiger partial charge in [-0.25, -0.2) is 5.84 Å². The number of hydrazine groups is 1. The normalized spacial score (nSPS) is 9.18. The maximum atomic E-state index is 5.46. The number of rotatable bonds is 1. The standard InChI is InChI=1S/C6H8N4S/c7-6(11)10(8)5-2-1-3-9-4-5/h1-4H,8H2,(H2,7,11). The molecule has 5 heteroatoms. The third-order valence-electron chi connectivity index (χ3n) is 1.16. The molecule has 1 aromatic rings. The largest absolute Gasteiger partial charge is 0.375 e. The fraction of sp³-hybridized carbons (Fsp3) is 0. The molecule has 0 aliphatic heterocycles. The van der Waals surface area contributed by atoms with Crippen LogP contribution in [0, 0.1) is 0 Å². The van der Waals surface area contributed by atoms with Crippen molar-refractivity contribution in [1.82, 2.24) is 4.98 Å². The molecule has 0 radical (unpaired) electrons. The van der Waals surface area contributed by atoms with Crippen LogP contribution in [0.4, 0.5) is 5.69 Å². The molecule has 1 rings (SSSR count). The van der Waals surface area contributed by atoms with Gasteiger partial charge < -0.3 is 5.73 Å². The molecule has 0 saturated heterocycles. The quantitative estimate of drug-likeness (QED) is 0.351. The van der Waals surface area contributed by atoms with E-state index < -0.39 is 0 Å². The summed E-state index contributed by atoms with van der Waals surface area (Å²) in [4.78, 5) is 3.85. The summed E-state index contributed by atoms with van der Waals surface area (Å²) in [5, 5.41) is 1.32. The van der Waals surface area contributed by atoms with Crippen LogP contribution in [0.1, 0.15) is 0 Å². The van der Waals surface area contributed by atoms with Crippen molar-refractivity contribution < 1.29 is 0 Å². The fourth-order valence-corrected chi connectivity index (χ4v) is 0.729. The Balaban J connectivity index is 2.85. The molecule has 0 spiro atoms. The minimum Gasteiger partial charge on any atom is -0.375 e. The summed E-state index contributed by atoms with van der Waals surface area (Å²) in [7, 11) is 0. The molecule has 11 heavy (non-hydrogen) atoms. The molecule has 0 amide bonds. The van der Waals surface area contributed by atoms with Crippen LogP contribution >= 0.6 is 12.2 Å². The van der Waals surface area contributed by atoms with Crippen molar-refractivity contribution >= 4 is 23.0 Å². The summed E-state index contributed by atoms with van der Waals surface area (Å²) in [6.07, 6.45) is 3.23. The van der Waals surface area contributed by atoms with Gasteiger partial charge in [0.25, 0.3) is 0 Å². The molecular formula is C6H8N4S. The molecule has 0 aromatic carbocycles. The molecule has 0 unspecified atom stereocenters. The van der Waals surface area contributed by atoms with Crippen LogP contribution in [-0.4, -0.2) is 10.1 Å². The molecule has 4 nitrogen and oxygen atoms in total. The average Bonchev–Trinajstić information content (AvgIpc) is 2.05. The van der Waals surface area contributed by atoms with Gasteiger partial charge in [-0.1, -0.05) is 0 Å². The molecule has 0 atom stereocenters. The van der Waals surface area contributed by atoms with Gasteiger partial charge in [0.15, 0.2) is 5.11 Å². The molecule has 4 N–H and O–H groups in total. The van der Waals surface area contributed by atoms with Crippen molar-refractivity contribution in [3.05, 3.63) is 24.5 Å². The number of aromatic nitrogens is 1. The Hall–Kier alpha value is -1.20. The zero-order chi connectivity index (χ0) is 8.27. The highest BCUT2D eigenvalue weighted by molar-refractivity contribution is 7.80. The highest BCUT2D eigenvalue weighted by Crippen LogP contribution is 2.05. The van der Waals surface area contributed by atoms with Gasteiger partial charge >= 0.3 is 0 Å². The minimum atomic E-state index is 0.123. The van der Waals surface area contributed by atoms with E-state index in [1.54, 1.807) is 24.5 Å². The Morgan fingerprint density at radius 1 is 1.64 bits per heavy atom. The molecule has 58 valence electrons. The van der Waals surface area contributed by atoms with Crippen molar-refractivity contribution in [1.29, 1.82) is 0 Å². The molecule has 1 aromatic heterocycles. The first-order valence-electron chi connectivity index (χ1n) is 2.96. The van der Waals surface area contributed by atoms with Crippen molar-refractivity contribution in [3.63, 3.8) is 0 Å². The predicted molar refractivity (Wildman–Crippen MR) is 47.7 cm³/mol. The lowest BCUT2D eigenvalue weighted by Crippen LogP contribution is -2.41. The van der Waals surface area contributed by atoms with Crippen molar-refractivity contribution in [2.45, 2.75) is 0 Å². The maximum Gasteiger partial charge on any atom is 0.185 e. The number of hydrogen-bond acceptors (Lipinski definition) is 3. The number of anilines is 1. The zero-order valence-corrected chi connectivity index (χ0v) is 6.58. The molecule has 0 bridgehead atoms. The molecule has 0 saturated carbocycles. The van der Waals surface area contributed by atoms with E-state index in [-0.39, 0.29) is 5.11 Å². The first-order valence-corrected chi connectivity index (χ1v) is 3.37. The van der Waals surface area contributed by atoms with Crippen LogP contribution in [0.15, 0.2) is 24.5 Å². The minimum absolute atomic E-state index is 0.123. The summed E-state index contributed by atoms with van der Waals surface area (Å²) in [5.41, 5.74) is 5.95. The van der Waals surface area contributed by atoms with E-state index in [1.807, 2.05) is 0 Å². The van der Waals surface area contributed by atoms with Crippen LogP contribution in [0.25, 0.3) is 0 Å². The number of nitrogens with two attached hydrogens (primary N) is 2. The lowest BCUT2D eigenvalue weighted by Gasteiger charge is -2.14. The van der Waals surface area contributed by atoms with Crippen LogP contribution < -0.4 is 16.6 Å². The Morgan fingerprint density at radius 2 is 2.36 bits per heavy atom. The van der Waals surface area contributed by atoms with Crippen molar-refractivity contribution in [2.24, 2.45) is 11.6 Å². The average molecular weight is 168 g/mol. The summed E-state index contributed by atoms with van der Waals surface area (Å²) >= 11 is 4.65. The van der Waals surface area contributed by atoms with E-state index >= 15 is 0 Å². The van der Waals surface area contributed by atoms with E-state index in [0.717, 1.165) is 0 Å². The first kappa shape index (κ1) is 7.90. The Morgan fingerprint density at radius 3 is 2.82 bits per heavy atom. The molecule has 0 aliphatic rings. The molecule has 1 heterocycles. The van der Waals surface area contributed by atoms with E-state index in [1.165, 1.54) is 5.01 Å². The van der Waals surface area contributed by atoms with E-state index in [2.05, 4.69) is 17.2 Å². The second-order valence-corrected chi connectivity index (χ2v) is 2.34. The molecular weight excluding hydrogens is 160 g/mol. The molecule has 0 fully saturated rings. The third-order valence-corrected chi connectivity index (χ3v) is 1.36. The topological polar surface area (TPSA) is 68.2 Å². The van der Waals surface area contributed by atoms with Gasteiger partial charge in [0.2, 0.25) is 0 Å². The lowest BCUT2D eigenvalue weighted by atomic mass is 10.4. The summed E-state index contributed by atoms with van der Waals surface area (Å²) in [6.45, 7) is 0. The van der Waals surface area contributed by atoms with Gasteiger partial charge in [-0.05, 0) is 24.4 Å². The van der Waals surface area contributed by atoms with E-state index in [9.17, 15) is 0 Å². The Labute approximate surface area is 69.8 Å². The third kappa shape index (κ3) is 1.86. The van der Waals surface area contributed by atoms with Gasteiger partial charge in [0, 0.05) is 6.20 Å². The van der Waals surface area contributed by atoms with Gasteiger partial charge in [-0.15, -0.1) is 0 Å². The van der Waals surface area contributed by atoms with Crippen LogP contribution in [0.5, 0.6) is 0 Å². The van der Waals surface area contributed by atoms with E-state index in [0.29, 0.717) is 5.69 Å². The monoisotopic (exact) mass is 168 g/mol. The van der Waals surface area contributed by atoms with Crippen LogP contribution in [-0.2, 0) is 0 Å². The van der Waals surface area contributed by atoms with Crippen LogP contribution in [0.3, 0.4) is 0 Å². The Kier molecular flexibility index (Phi) is 2.35. The summed E-state index contributed by atoms with van der Waals surface area (Å²) < 4.78 is 0. The zero-order valence-electron chi connectivity index (χ0n) is 5.77. The smallest absolute Gasteiger partial charge is 0.185 e. The van der Waals surface area contributed by atoms with Crippen molar-refractivity contribution in [2.75, 3.05) is 5.01 Å². The number of pyridine rings is 1. The number of thiocarbonyl (C=S) groups is 1. The van der Waals surface area contributed by atoms with Gasteiger partial charge in [-0.3, -0.25) is 9.99 Å². The second kappa shape index (κ2) is 3.27. The van der Waals surface area contributed by atoms with Crippen LogP contribution in [0.2, 0.25) is 0 Å². The van der Waals surface area contributed by atoms with Gasteiger partial charge in [-0.2, -0.15) is 0 Å². The lowest BCUT2D eigenvalue weighted by molar-refractivity contribution is 1.11. The molecule has 0 aliphatic carbocycles. The maximum absolute atomic E-state index is 5.46. The number of nitrogens with zero attached hydrogens (tertiary/aromatic N) is 2. The van der Waals surface area contributed by atoms with Gasteiger partial charge in [0.05, 0.1) is 11.9 Å². The highest BCUT2D eigenvalue weighted by Gasteiger charge is 2.01. The summed E-state index contributed by atoms with van der Waals surface area (Å²) in [5.74, 6) is 5.46. The highest BCUT2D eigenvalue weighted by atomic mass is 32.1. The fourth-order valence-electron chi connectivity index (χ4n) is 0.623. The van der Waals surface area contributed by atoms with Crippen molar-refractivity contribution in [3.8, 4) is 0 Å². The predicted octanol–water partition coefficient (Wildman–Crippen LogP) is 0.00530. The van der Waals surface area contributed by atoms with E-state index in [4.69, 9.17) is 11.6 Å². The first-order chi connectivity index (χ1) is 5.22. The number of hydrogen-bond donors (Lipinski definition) is 2. The summed E-state index contributed by atoms with van der Waals surface area (Å²) in [6, 6.07) is 3.53. The van der Waals surface area contributed by atoms with Gasteiger partial charge in [0.1, 0.15) is 0 Å². The second-order valence-electron chi connectivity index (χ2n) is 1.92.